The fourth-order valence-electron chi connectivity index (χ4n) is 1.31. The van der Waals surface area contributed by atoms with Crippen LogP contribution in [0.3, 0.4) is 0 Å². The molecule has 0 aliphatic rings. The molecule has 3 nitrogen and oxygen atoms in total. The second kappa shape index (κ2) is 4.89. The zero-order valence-corrected chi connectivity index (χ0v) is 11.0. The maximum absolute atomic E-state index is 5.94. The van der Waals surface area contributed by atoms with Crippen molar-refractivity contribution in [1.29, 1.82) is 0 Å². The molecule has 2 rings (SSSR count). The van der Waals surface area contributed by atoms with E-state index in [4.69, 9.17) is 11.6 Å². The maximum atomic E-state index is 5.94. The van der Waals surface area contributed by atoms with Gasteiger partial charge >= 0.3 is 0 Å². The van der Waals surface area contributed by atoms with E-state index in [1.54, 1.807) is 18.5 Å². The van der Waals surface area contributed by atoms with Gasteiger partial charge in [0.25, 0.3) is 0 Å². The van der Waals surface area contributed by atoms with Crippen LogP contribution in [0.5, 0.6) is 0 Å². The van der Waals surface area contributed by atoms with E-state index < -0.39 is 0 Å². The van der Waals surface area contributed by atoms with Gasteiger partial charge in [0, 0.05) is 28.1 Å². The number of aromatic nitrogens is 3. The molecule has 2 aromatic heterocycles. The second-order valence-corrected chi connectivity index (χ2v) is 4.55. The fraction of sp³-hybridized carbons (Fsp3) is 0.182. The third kappa shape index (κ3) is 2.57. The van der Waals surface area contributed by atoms with Crippen molar-refractivity contribution in [2.45, 2.75) is 13.3 Å². The predicted octanol–water partition coefficient (Wildman–Crippen LogP) is 3.52. The Labute approximate surface area is 107 Å². The number of hydrogen-bond acceptors (Lipinski definition) is 3. The maximum Gasteiger partial charge on any atom is 0.162 e. The molecule has 0 saturated carbocycles. The van der Waals surface area contributed by atoms with Gasteiger partial charge < -0.3 is 0 Å². The van der Waals surface area contributed by atoms with Crippen LogP contribution in [0.4, 0.5) is 0 Å². The first-order valence-electron chi connectivity index (χ1n) is 4.83. The monoisotopic (exact) mass is 297 g/mol. The van der Waals surface area contributed by atoms with Crippen LogP contribution < -0.4 is 0 Å². The smallest absolute Gasteiger partial charge is 0.162 e. The average molecular weight is 299 g/mol. The first kappa shape index (κ1) is 11.5. The molecule has 0 saturated heterocycles. The Morgan fingerprint density at radius 2 is 2.06 bits per heavy atom. The number of aryl methyl sites for hydroxylation is 1. The van der Waals surface area contributed by atoms with Gasteiger partial charge in [0.15, 0.2) is 5.82 Å². The third-order valence-electron chi connectivity index (χ3n) is 2.07. The molecule has 5 heteroatoms. The summed E-state index contributed by atoms with van der Waals surface area (Å²) in [7, 11) is 0. The van der Waals surface area contributed by atoms with E-state index in [1.165, 1.54) is 0 Å². The minimum absolute atomic E-state index is 0.460. The predicted molar refractivity (Wildman–Crippen MR) is 67.4 cm³/mol. The summed E-state index contributed by atoms with van der Waals surface area (Å²) in [4.78, 5) is 12.7. The van der Waals surface area contributed by atoms with Crippen LogP contribution in [0.25, 0.3) is 11.4 Å². The van der Waals surface area contributed by atoms with Gasteiger partial charge in [-0.15, -0.1) is 0 Å². The molecule has 0 fully saturated rings. The van der Waals surface area contributed by atoms with Crippen LogP contribution in [-0.4, -0.2) is 15.0 Å². The first-order chi connectivity index (χ1) is 7.69. The van der Waals surface area contributed by atoms with Gasteiger partial charge in [-0.3, -0.25) is 4.98 Å². The molecule has 2 heterocycles. The minimum Gasteiger partial charge on any atom is -0.263 e. The Kier molecular flexibility index (Phi) is 3.51. The summed E-state index contributed by atoms with van der Waals surface area (Å²) in [6.07, 6.45) is 4.27. The van der Waals surface area contributed by atoms with Crippen LogP contribution in [0, 0.1) is 0 Å². The highest BCUT2D eigenvalue weighted by Gasteiger charge is 2.05. The van der Waals surface area contributed by atoms with Crippen molar-refractivity contribution in [2.24, 2.45) is 0 Å². The van der Waals surface area contributed by atoms with E-state index >= 15 is 0 Å². The zero-order chi connectivity index (χ0) is 11.5. The van der Waals surface area contributed by atoms with E-state index in [0.29, 0.717) is 11.0 Å². The Morgan fingerprint density at radius 3 is 2.75 bits per heavy atom. The van der Waals surface area contributed by atoms with Gasteiger partial charge in [-0.05, 0) is 34.5 Å². The molecule has 0 radical (unpaired) electrons. The molecule has 16 heavy (non-hydrogen) atoms. The highest BCUT2D eigenvalue weighted by atomic mass is 79.9. The van der Waals surface area contributed by atoms with Gasteiger partial charge in [-0.2, -0.15) is 0 Å². The SMILES string of the molecule is CCc1cc(Cl)nc(-c2cncc(Br)c2)n1. The molecule has 82 valence electrons. The lowest BCUT2D eigenvalue weighted by Gasteiger charge is -2.03. The van der Waals surface area contributed by atoms with Crippen molar-refractivity contribution in [3.8, 4) is 11.4 Å². The van der Waals surface area contributed by atoms with Gasteiger partial charge in [0.05, 0.1) is 0 Å². The van der Waals surface area contributed by atoms with Crippen molar-refractivity contribution in [1.82, 2.24) is 15.0 Å². The first-order valence-corrected chi connectivity index (χ1v) is 6.00. The zero-order valence-electron chi connectivity index (χ0n) is 8.61. The fourth-order valence-corrected chi connectivity index (χ4v) is 1.88. The number of nitrogens with zero attached hydrogens (tertiary/aromatic N) is 3. The summed E-state index contributed by atoms with van der Waals surface area (Å²) in [5.41, 5.74) is 1.78. The van der Waals surface area contributed by atoms with E-state index in [0.717, 1.165) is 22.2 Å². The van der Waals surface area contributed by atoms with Crippen LogP contribution in [0.1, 0.15) is 12.6 Å². The molecule has 0 aromatic carbocycles. The minimum atomic E-state index is 0.460. The summed E-state index contributed by atoms with van der Waals surface area (Å²) in [5.74, 6) is 0.609. The molecule has 0 bridgehead atoms. The lowest BCUT2D eigenvalue weighted by atomic mass is 10.2. The number of hydrogen-bond donors (Lipinski definition) is 0. The van der Waals surface area contributed by atoms with Crippen LogP contribution in [-0.2, 0) is 6.42 Å². The Bertz CT molecular complexity index is 516. The van der Waals surface area contributed by atoms with E-state index in [-0.39, 0.29) is 0 Å². The number of rotatable bonds is 2. The lowest BCUT2D eigenvalue weighted by Crippen LogP contribution is -1.95. The molecular formula is C11H9BrClN3. The summed E-state index contributed by atoms with van der Waals surface area (Å²) < 4.78 is 0.895. The summed E-state index contributed by atoms with van der Waals surface area (Å²) in [6, 6.07) is 3.69. The highest BCUT2D eigenvalue weighted by Crippen LogP contribution is 2.20. The second-order valence-electron chi connectivity index (χ2n) is 3.25. The molecule has 0 atom stereocenters. The Hall–Kier alpha value is -1.00. The van der Waals surface area contributed by atoms with E-state index in [2.05, 4.69) is 30.9 Å². The van der Waals surface area contributed by atoms with E-state index in [9.17, 15) is 0 Å². The van der Waals surface area contributed by atoms with Crippen LogP contribution >= 0.6 is 27.5 Å². The molecule has 0 aliphatic carbocycles. The normalized spacial score (nSPS) is 10.4. The van der Waals surface area contributed by atoms with Crippen LogP contribution in [0.2, 0.25) is 5.15 Å². The van der Waals surface area contributed by atoms with Gasteiger partial charge in [-0.25, -0.2) is 9.97 Å². The van der Waals surface area contributed by atoms with Crippen molar-refractivity contribution < 1.29 is 0 Å². The number of halogens is 2. The van der Waals surface area contributed by atoms with Gasteiger partial charge in [-0.1, -0.05) is 18.5 Å². The van der Waals surface area contributed by atoms with Crippen molar-refractivity contribution in [2.75, 3.05) is 0 Å². The van der Waals surface area contributed by atoms with Crippen molar-refractivity contribution in [3.63, 3.8) is 0 Å². The molecule has 0 unspecified atom stereocenters. The third-order valence-corrected chi connectivity index (χ3v) is 2.70. The standard InChI is InChI=1S/C11H9BrClN3/c1-2-9-4-10(13)16-11(15-9)7-3-8(12)6-14-5-7/h3-6H,2H2,1H3. The summed E-state index contributed by atoms with van der Waals surface area (Å²) >= 11 is 9.30. The Morgan fingerprint density at radius 1 is 1.25 bits per heavy atom. The largest absolute Gasteiger partial charge is 0.263 e. The molecule has 0 amide bonds. The summed E-state index contributed by atoms with van der Waals surface area (Å²) in [5, 5.41) is 0.460. The molecular weight excluding hydrogens is 289 g/mol. The van der Waals surface area contributed by atoms with Gasteiger partial charge in [0.2, 0.25) is 0 Å². The van der Waals surface area contributed by atoms with Crippen molar-refractivity contribution in [3.05, 3.63) is 39.8 Å². The van der Waals surface area contributed by atoms with E-state index in [1.807, 2.05) is 13.0 Å². The topological polar surface area (TPSA) is 38.7 Å². The molecule has 0 N–H and O–H groups in total. The average Bonchev–Trinajstić information content (AvgIpc) is 2.28. The molecule has 0 spiro atoms. The summed E-state index contributed by atoms with van der Waals surface area (Å²) in [6.45, 7) is 2.03. The van der Waals surface area contributed by atoms with Crippen molar-refractivity contribution >= 4 is 27.5 Å². The lowest BCUT2D eigenvalue weighted by molar-refractivity contribution is 1.00. The Balaban J connectivity index is 2.51. The van der Waals surface area contributed by atoms with Crippen LogP contribution in [0.15, 0.2) is 29.0 Å². The molecule has 0 aliphatic heterocycles. The highest BCUT2D eigenvalue weighted by molar-refractivity contribution is 9.10. The quantitative estimate of drug-likeness (QED) is 0.796. The van der Waals surface area contributed by atoms with Gasteiger partial charge in [0.1, 0.15) is 5.15 Å². The number of pyridine rings is 1. The molecule has 2 aromatic rings.